The Hall–Kier alpha value is -1.33. The first-order valence-corrected chi connectivity index (χ1v) is 6.99. The fraction of sp³-hybridized carbons (Fsp3) is 0.357. The number of carbonyl (C=O) groups is 1. The van der Waals surface area contributed by atoms with Crippen molar-refractivity contribution in [1.29, 1.82) is 0 Å². The molecule has 1 aromatic rings. The van der Waals surface area contributed by atoms with E-state index >= 15 is 0 Å². The molecular formula is C14H17BrN2O2. The first kappa shape index (κ1) is 14.1. The molecule has 0 aliphatic carbocycles. The number of likely N-dealkylation sites (N-methyl/N-ethyl adjacent to an activating group) is 1. The van der Waals surface area contributed by atoms with Crippen LogP contribution in [0.3, 0.4) is 0 Å². The van der Waals surface area contributed by atoms with E-state index in [1.54, 1.807) is 13.1 Å². The Kier molecular flexibility index (Phi) is 4.99. The van der Waals surface area contributed by atoms with Gasteiger partial charge < -0.3 is 10.1 Å². The second-order valence-electron chi connectivity index (χ2n) is 4.43. The molecule has 1 saturated heterocycles. The lowest BCUT2D eigenvalue weighted by atomic mass is 10.1. The summed E-state index contributed by atoms with van der Waals surface area (Å²) in [4.78, 5) is 13.2. The van der Waals surface area contributed by atoms with Gasteiger partial charge >= 0.3 is 0 Å². The Morgan fingerprint density at radius 1 is 1.47 bits per heavy atom. The second kappa shape index (κ2) is 6.73. The Morgan fingerprint density at radius 3 is 2.79 bits per heavy atom. The predicted octanol–water partition coefficient (Wildman–Crippen LogP) is 1.81. The van der Waals surface area contributed by atoms with Gasteiger partial charge in [0, 0.05) is 37.2 Å². The van der Waals surface area contributed by atoms with E-state index in [4.69, 9.17) is 4.74 Å². The third-order valence-electron chi connectivity index (χ3n) is 2.92. The van der Waals surface area contributed by atoms with Crippen LogP contribution in [0.5, 0.6) is 5.75 Å². The Labute approximate surface area is 121 Å². The monoisotopic (exact) mass is 324 g/mol. The minimum absolute atomic E-state index is 0.0665. The number of carbonyl (C=O) groups excluding carboxylic acids is 1. The Bertz CT molecular complexity index is 453. The summed E-state index contributed by atoms with van der Waals surface area (Å²) in [5.74, 6) is 0.830. The molecule has 1 aliphatic heterocycles. The number of ether oxygens (including phenoxy) is 1. The maximum Gasteiger partial charge on any atom is 0.243 e. The molecule has 19 heavy (non-hydrogen) atoms. The van der Waals surface area contributed by atoms with Gasteiger partial charge in [-0.3, -0.25) is 9.69 Å². The van der Waals surface area contributed by atoms with E-state index in [0.717, 1.165) is 29.9 Å². The highest BCUT2D eigenvalue weighted by molar-refractivity contribution is 9.10. The van der Waals surface area contributed by atoms with E-state index in [2.05, 4.69) is 26.1 Å². The van der Waals surface area contributed by atoms with Gasteiger partial charge in [0.05, 0.1) is 0 Å². The van der Waals surface area contributed by atoms with Crippen molar-refractivity contribution in [1.82, 2.24) is 10.2 Å². The van der Waals surface area contributed by atoms with Crippen LogP contribution in [0.25, 0.3) is 0 Å². The molecule has 0 radical (unpaired) electrons. The first-order valence-electron chi connectivity index (χ1n) is 6.20. The van der Waals surface area contributed by atoms with E-state index < -0.39 is 0 Å². The van der Waals surface area contributed by atoms with Crippen LogP contribution in [-0.4, -0.2) is 43.6 Å². The molecular weight excluding hydrogens is 308 g/mol. The summed E-state index contributed by atoms with van der Waals surface area (Å²) < 4.78 is 6.87. The predicted molar refractivity (Wildman–Crippen MR) is 78.2 cm³/mol. The third-order valence-corrected chi connectivity index (χ3v) is 3.45. The van der Waals surface area contributed by atoms with E-state index in [9.17, 15) is 4.79 Å². The highest BCUT2D eigenvalue weighted by Gasteiger charge is 2.27. The zero-order chi connectivity index (χ0) is 13.7. The Morgan fingerprint density at radius 2 is 2.16 bits per heavy atom. The number of likely N-dealkylation sites (tertiary alicyclic amines) is 1. The van der Waals surface area contributed by atoms with Crippen molar-refractivity contribution in [3.8, 4) is 5.75 Å². The number of nitrogens with zero attached hydrogens (tertiary/aromatic N) is 1. The van der Waals surface area contributed by atoms with Gasteiger partial charge in [0.2, 0.25) is 5.91 Å². The van der Waals surface area contributed by atoms with Crippen molar-refractivity contribution >= 4 is 21.8 Å². The van der Waals surface area contributed by atoms with Gasteiger partial charge in [0.15, 0.2) is 0 Å². The number of hydrogen-bond acceptors (Lipinski definition) is 3. The molecule has 1 aromatic carbocycles. The third kappa shape index (κ3) is 4.36. The number of nitrogens with one attached hydrogen (secondary N) is 1. The van der Waals surface area contributed by atoms with Crippen molar-refractivity contribution < 1.29 is 9.53 Å². The SMILES string of the molecule is CNC(=O)/C=C/CN1CC(Oc2ccc(Br)cc2)C1. The van der Waals surface area contributed by atoms with Crippen LogP contribution in [0.4, 0.5) is 0 Å². The number of rotatable bonds is 5. The van der Waals surface area contributed by atoms with Gasteiger partial charge in [0.1, 0.15) is 11.9 Å². The molecule has 1 N–H and O–H groups in total. The van der Waals surface area contributed by atoms with Crippen LogP contribution in [0.2, 0.25) is 0 Å². The molecule has 5 heteroatoms. The zero-order valence-corrected chi connectivity index (χ0v) is 12.4. The lowest BCUT2D eigenvalue weighted by molar-refractivity contribution is -0.116. The van der Waals surface area contributed by atoms with E-state index in [1.165, 1.54) is 0 Å². The van der Waals surface area contributed by atoms with Crippen molar-refractivity contribution in [2.45, 2.75) is 6.10 Å². The van der Waals surface area contributed by atoms with Crippen LogP contribution in [-0.2, 0) is 4.79 Å². The van der Waals surface area contributed by atoms with Crippen LogP contribution < -0.4 is 10.1 Å². The number of hydrogen-bond donors (Lipinski definition) is 1. The molecule has 2 rings (SSSR count). The minimum Gasteiger partial charge on any atom is -0.488 e. The normalized spacial score (nSPS) is 16.3. The van der Waals surface area contributed by atoms with Gasteiger partial charge in [-0.15, -0.1) is 0 Å². The zero-order valence-electron chi connectivity index (χ0n) is 10.8. The van der Waals surface area contributed by atoms with Gasteiger partial charge in [-0.25, -0.2) is 0 Å². The number of halogens is 1. The summed E-state index contributed by atoms with van der Waals surface area (Å²) >= 11 is 3.39. The molecule has 0 bridgehead atoms. The van der Waals surface area contributed by atoms with E-state index in [-0.39, 0.29) is 12.0 Å². The molecule has 0 saturated carbocycles. The largest absolute Gasteiger partial charge is 0.488 e. The summed E-state index contributed by atoms with van der Waals surface area (Å²) in [6.45, 7) is 2.58. The summed E-state index contributed by atoms with van der Waals surface area (Å²) in [6.07, 6.45) is 3.67. The van der Waals surface area contributed by atoms with Gasteiger partial charge in [-0.2, -0.15) is 0 Å². The smallest absolute Gasteiger partial charge is 0.243 e. The number of amides is 1. The molecule has 1 fully saturated rings. The van der Waals surface area contributed by atoms with E-state index in [0.29, 0.717) is 0 Å². The fourth-order valence-electron chi connectivity index (χ4n) is 1.84. The minimum atomic E-state index is -0.0665. The molecule has 4 nitrogen and oxygen atoms in total. The van der Waals surface area contributed by atoms with Crippen LogP contribution >= 0.6 is 15.9 Å². The van der Waals surface area contributed by atoms with Gasteiger partial charge in [-0.05, 0) is 24.3 Å². The maximum absolute atomic E-state index is 11.0. The van der Waals surface area contributed by atoms with Crippen molar-refractivity contribution in [3.63, 3.8) is 0 Å². The van der Waals surface area contributed by atoms with Crippen LogP contribution in [0.15, 0.2) is 40.9 Å². The standard InChI is InChI=1S/C14H17BrN2O2/c1-16-14(18)3-2-8-17-9-13(10-17)19-12-6-4-11(15)5-7-12/h2-7,13H,8-10H2,1H3,(H,16,18)/b3-2+. The highest BCUT2D eigenvalue weighted by Crippen LogP contribution is 2.20. The lowest BCUT2D eigenvalue weighted by Crippen LogP contribution is -2.53. The average Bonchev–Trinajstić information content (AvgIpc) is 2.37. The average molecular weight is 325 g/mol. The first-order chi connectivity index (χ1) is 9.17. The molecule has 0 unspecified atom stereocenters. The molecule has 102 valence electrons. The summed E-state index contributed by atoms with van der Waals surface area (Å²) in [5.41, 5.74) is 0. The molecule has 1 amide bonds. The van der Waals surface area contributed by atoms with Crippen molar-refractivity contribution in [2.75, 3.05) is 26.7 Å². The van der Waals surface area contributed by atoms with Crippen molar-refractivity contribution in [2.24, 2.45) is 0 Å². The van der Waals surface area contributed by atoms with Gasteiger partial charge in [0.25, 0.3) is 0 Å². The Balaban J connectivity index is 1.67. The molecule has 0 spiro atoms. The summed E-state index contributed by atoms with van der Waals surface area (Å²) in [7, 11) is 1.62. The molecule has 0 aromatic heterocycles. The quantitative estimate of drug-likeness (QED) is 0.840. The summed E-state index contributed by atoms with van der Waals surface area (Å²) in [6, 6.07) is 7.85. The van der Waals surface area contributed by atoms with Gasteiger partial charge in [-0.1, -0.05) is 22.0 Å². The molecule has 0 atom stereocenters. The number of benzene rings is 1. The maximum atomic E-state index is 11.0. The lowest BCUT2D eigenvalue weighted by Gasteiger charge is -2.38. The molecule has 1 aliphatic rings. The van der Waals surface area contributed by atoms with Crippen LogP contribution in [0, 0.1) is 0 Å². The van der Waals surface area contributed by atoms with Crippen LogP contribution in [0.1, 0.15) is 0 Å². The van der Waals surface area contributed by atoms with E-state index in [1.807, 2.05) is 30.3 Å². The topological polar surface area (TPSA) is 41.6 Å². The highest BCUT2D eigenvalue weighted by atomic mass is 79.9. The van der Waals surface area contributed by atoms with Crippen molar-refractivity contribution in [3.05, 3.63) is 40.9 Å². The molecule has 1 heterocycles. The summed E-state index contributed by atoms with van der Waals surface area (Å²) in [5, 5.41) is 2.55. The fourth-order valence-corrected chi connectivity index (χ4v) is 2.11. The second-order valence-corrected chi connectivity index (χ2v) is 5.34.